The minimum Gasteiger partial charge on any atom is -0.508 e. The highest BCUT2D eigenvalue weighted by atomic mass is 79.9. The van der Waals surface area contributed by atoms with E-state index in [9.17, 15) is 9.90 Å². The van der Waals surface area contributed by atoms with Crippen molar-refractivity contribution in [3.05, 3.63) is 64.1 Å². The second-order valence-electron chi connectivity index (χ2n) is 4.77. The van der Waals surface area contributed by atoms with Crippen LogP contribution in [0.4, 0.5) is 0 Å². The molecule has 0 aliphatic heterocycles. The van der Waals surface area contributed by atoms with Gasteiger partial charge in [-0.15, -0.1) is 0 Å². The average Bonchev–Trinajstić information content (AvgIpc) is 2.42. The van der Waals surface area contributed by atoms with Gasteiger partial charge in [0, 0.05) is 16.6 Å². The van der Waals surface area contributed by atoms with Crippen LogP contribution >= 0.6 is 15.9 Å². The van der Waals surface area contributed by atoms with Gasteiger partial charge in [0.25, 0.3) is 0 Å². The molecular formula is C16H16BrNO2. The van der Waals surface area contributed by atoms with Gasteiger partial charge in [-0.3, -0.25) is 9.69 Å². The Kier molecular flexibility index (Phi) is 4.93. The summed E-state index contributed by atoms with van der Waals surface area (Å²) >= 11 is 3.40. The van der Waals surface area contributed by atoms with Gasteiger partial charge in [0.2, 0.25) is 0 Å². The van der Waals surface area contributed by atoms with Crippen LogP contribution in [0.1, 0.15) is 15.9 Å². The minimum atomic E-state index is 0.0459. The molecule has 0 heterocycles. The number of nitrogens with zero attached hydrogens (tertiary/aromatic N) is 1. The number of halogens is 1. The highest BCUT2D eigenvalue weighted by molar-refractivity contribution is 9.10. The van der Waals surface area contributed by atoms with Gasteiger partial charge >= 0.3 is 0 Å². The molecule has 0 radical (unpaired) electrons. The Morgan fingerprint density at radius 1 is 1.10 bits per heavy atom. The van der Waals surface area contributed by atoms with Gasteiger partial charge < -0.3 is 5.11 Å². The van der Waals surface area contributed by atoms with Gasteiger partial charge in [-0.25, -0.2) is 0 Å². The summed E-state index contributed by atoms with van der Waals surface area (Å²) in [6, 6.07) is 14.4. The lowest BCUT2D eigenvalue weighted by Gasteiger charge is -2.16. The highest BCUT2D eigenvalue weighted by Gasteiger charge is 2.09. The molecule has 0 aliphatic carbocycles. The maximum Gasteiger partial charge on any atom is 0.176 e. The van der Waals surface area contributed by atoms with Crippen molar-refractivity contribution in [2.75, 3.05) is 13.6 Å². The van der Waals surface area contributed by atoms with E-state index in [4.69, 9.17) is 0 Å². The molecule has 4 heteroatoms. The standard InChI is InChI=1S/C16H16BrNO2/c1-18(10-12-2-6-14(17)7-3-12)11-16(20)13-4-8-15(19)9-5-13/h2-9,19H,10-11H2,1H3. The third kappa shape index (κ3) is 4.18. The Labute approximate surface area is 127 Å². The summed E-state index contributed by atoms with van der Waals surface area (Å²) in [7, 11) is 1.92. The first kappa shape index (κ1) is 14.8. The largest absolute Gasteiger partial charge is 0.508 e. The molecule has 2 aromatic carbocycles. The van der Waals surface area contributed by atoms with E-state index in [2.05, 4.69) is 15.9 Å². The lowest BCUT2D eigenvalue weighted by atomic mass is 10.1. The molecule has 0 amide bonds. The van der Waals surface area contributed by atoms with E-state index in [-0.39, 0.29) is 11.5 Å². The number of phenolic OH excluding ortho intramolecular Hbond substituents is 1. The number of hydrogen-bond donors (Lipinski definition) is 1. The number of ketones is 1. The molecule has 0 saturated carbocycles. The predicted molar refractivity (Wildman–Crippen MR) is 82.9 cm³/mol. The van der Waals surface area contributed by atoms with Crippen molar-refractivity contribution in [3.63, 3.8) is 0 Å². The minimum absolute atomic E-state index is 0.0459. The molecule has 20 heavy (non-hydrogen) atoms. The first-order chi connectivity index (χ1) is 9.54. The van der Waals surface area contributed by atoms with Crippen molar-refractivity contribution >= 4 is 21.7 Å². The van der Waals surface area contributed by atoms with Crippen molar-refractivity contribution in [1.29, 1.82) is 0 Å². The van der Waals surface area contributed by atoms with Crippen LogP contribution in [0.15, 0.2) is 53.0 Å². The van der Waals surface area contributed by atoms with Gasteiger partial charge in [-0.05, 0) is 49.0 Å². The van der Waals surface area contributed by atoms with Crippen molar-refractivity contribution < 1.29 is 9.90 Å². The highest BCUT2D eigenvalue weighted by Crippen LogP contribution is 2.13. The summed E-state index contributed by atoms with van der Waals surface area (Å²) in [4.78, 5) is 14.1. The molecule has 2 aromatic rings. The van der Waals surface area contributed by atoms with Crippen LogP contribution in [0.25, 0.3) is 0 Å². The third-order valence-electron chi connectivity index (χ3n) is 2.97. The van der Waals surface area contributed by atoms with Gasteiger partial charge in [-0.1, -0.05) is 28.1 Å². The SMILES string of the molecule is CN(CC(=O)c1ccc(O)cc1)Cc1ccc(Br)cc1. The van der Waals surface area contributed by atoms with Gasteiger partial charge in [-0.2, -0.15) is 0 Å². The van der Waals surface area contributed by atoms with Gasteiger partial charge in [0.15, 0.2) is 5.78 Å². The molecule has 3 nitrogen and oxygen atoms in total. The second-order valence-corrected chi connectivity index (χ2v) is 5.68. The van der Waals surface area contributed by atoms with E-state index in [1.807, 2.05) is 36.2 Å². The molecule has 0 saturated heterocycles. The van der Waals surface area contributed by atoms with E-state index in [0.29, 0.717) is 12.1 Å². The lowest BCUT2D eigenvalue weighted by molar-refractivity contribution is 0.0943. The van der Waals surface area contributed by atoms with Crippen molar-refractivity contribution in [2.45, 2.75) is 6.54 Å². The topological polar surface area (TPSA) is 40.5 Å². The average molecular weight is 334 g/mol. The fourth-order valence-electron chi connectivity index (χ4n) is 1.94. The molecule has 0 aromatic heterocycles. The van der Waals surface area contributed by atoms with Crippen molar-refractivity contribution in [1.82, 2.24) is 4.90 Å². The molecule has 104 valence electrons. The predicted octanol–water partition coefficient (Wildman–Crippen LogP) is 3.47. The van der Waals surface area contributed by atoms with Crippen molar-refractivity contribution in [3.8, 4) is 5.75 Å². The summed E-state index contributed by atoms with van der Waals surface area (Å²) in [6.45, 7) is 1.07. The number of carbonyl (C=O) groups is 1. The maximum atomic E-state index is 12.1. The molecule has 0 bridgehead atoms. The van der Waals surface area contributed by atoms with Crippen LogP contribution in [0, 0.1) is 0 Å². The van der Waals surface area contributed by atoms with E-state index < -0.39 is 0 Å². The van der Waals surface area contributed by atoms with Crippen LogP contribution in [-0.4, -0.2) is 29.4 Å². The summed E-state index contributed by atoms with van der Waals surface area (Å²) in [5.74, 6) is 0.217. The molecule has 1 N–H and O–H groups in total. The van der Waals surface area contributed by atoms with E-state index in [0.717, 1.165) is 16.6 Å². The third-order valence-corrected chi connectivity index (χ3v) is 3.50. The molecular weight excluding hydrogens is 318 g/mol. The monoisotopic (exact) mass is 333 g/mol. The Morgan fingerprint density at radius 3 is 2.30 bits per heavy atom. The van der Waals surface area contributed by atoms with Crippen LogP contribution in [0.2, 0.25) is 0 Å². The van der Waals surface area contributed by atoms with Crippen molar-refractivity contribution in [2.24, 2.45) is 0 Å². The number of hydrogen-bond acceptors (Lipinski definition) is 3. The summed E-state index contributed by atoms with van der Waals surface area (Å²) in [5, 5.41) is 9.21. The zero-order valence-electron chi connectivity index (χ0n) is 11.2. The van der Waals surface area contributed by atoms with Crippen LogP contribution in [0.3, 0.4) is 0 Å². The molecule has 0 spiro atoms. The normalized spacial score (nSPS) is 10.8. The number of benzene rings is 2. The van der Waals surface area contributed by atoms with Crippen LogP contribution in [-0.2, 0) is 6.54 Å². The van der Waals surface area contributed by atoms with Gasteiger partial charge in [0.1, 0.15) is 5.75 Å². The molecule has 2 rings (SSSR count). The molecule has 0 unspecified atom stereocenters. The van der Waals surface area contributed by atoms with E-state index >= 15 is 0 Å². The summed E-state index contributed by atoms with van der Waals surface area (Å²) in [5.41, 5.74) is 1.78. The number of phenols is 1. The number of rotatable bonds is 5. The maximum absolute atomic E-state index is 12.1. The lowest BCUT2D eigenvalue weighted by Crippen LogP contribution is -2.25. The van der Waals surface area contributed by atoms with E-state index in [1.54, 1.807) is 12.1 Å². The quantitative estimate of drug-likeness (QED) is 0.851. The number of carbonyl (C=O) groups excluding carboxylic acids is 1. The first-order valence-corrected chi connectivity index (χ1v) is 7.09. The van der Waals surface area contributed by atoms with Gasteiger partial charge in [0.05, 0.1) is 6.54 Å². The Bertz CT molecular complexity index is 578. The Balaban J connectivity index is 1.93. The van der Waals surface area contributed by atoms with E-state index in [1.165, 1.54) is 12.1 Å². The first-order valence-electron chi connectivity index (χ1n) is 6.30. The van der Waals surface area contributed by atoms with Crippen LogP contribution in [0.5, 0.6) is 5.75 Å². The zero-order valence-corrected chi connectivity index (χ0v) is 12.8. The molecule has 0 fully saturated rings. The fourth-order valence-corrected chi connectivity index (χ4v) is 2.21. The Hall–Kier alpha value is -1.65. The second kappa shape index (κ2) is 6.68. The smallest absolute Gasteiger partial charge is 0.176 e. The number of Topliss-reactive ketones (excluding diaryl/α,β-unsaturated/α-hetero) is 1. The van der Waals surface area contributed by atoms with Crippen LogP contribution < -0.4 is 0 Å². The summed E-state index contributed by atoms with van der Waals surface area (Å²) in [6.07, 6.45) is 0. The fraction of sp³-hybridized carbons (Fsp3) is 0.188. The zero-order chi connectivity index (χ0) is 14.5. The number of likely N-dealkylation sites (N-methyl/N-ethyl adjacent to an activating group) is 1. The Morgan fingerprint density at radius 2 is 1.70 bits per heavy atom. The molecule has 0 atom stereocenters. The molecule has 0 aliphatic rings. The number of aromatic hydroxyl groups is 1. The summed E-state index contributed by atoms with van der Waals surface area (Å²) < 4.78 is 1.05.